The maximum Gasteiger partial charge on any atom is 0.251 e. The number of carbonyl (C=O) groups excluding carboxylic acids is 1. The van der Waals surface area contributed by atoms with Gasteiger partial charge < -0.3 is 4.48 Å². The summed E-state index contributed by atoms with van der Waals surface area (Å²) >= 11 is 0. The third-order valence-electron chi connectivity index (χ3n) is 3.27. The number of quaternary nitrogens is 1. The third-order valence-corrected chi connectivity index (χ3v) is 3.27. The van der Waals surface area contributed by atoms with Crippen molar-refractivity contribution < 1.29 is 9.28 Å². The summed E-state index contributed by atoms with van der Waals surface area (Å²) in [7, 11) is 4.28. The SMILES string of the molecule is C=C(C)C(=O)NC(c1ccccc1)[N+](C)(C)CCC. The minimum atomic E-state index is -0.0869. The van der Waals surface area contributed by atoms with E-state index in [9.17, 15) is 4.79 Å². The van der Waals surface area contributed by atoms with Gasteiger partial charge in [-0.1, -0.05) is 43.8 Å². The lowest BCUT2D eigenvalue weighted by molar-refractivity contribution is -0.923. The molecule has 3 nitrogen and oxygen atoms in total. The maximum absolute atomic E-state index is 12.0. The topological polar surface area (TPSA) is 29.1 Å². The Hall–Kier alpha value is -1.61. The van der Waals surface area contributed by atoms with E-state index in [2.05, 4.69) is 45.0 Å². The fourth-order valence-electron chi connectivity index (χ4n) is 2.25. The first-order chi connectivity index (χ1) is 8.88. The molecule has 0 saturated heterocycles. The Balaban J connectivity index is 3.04. The van der Waals surface area contributed by atoms with Crippen molar-refractivity contribution in [2.75, 3.05) is 20.6 Å². The summed E-state index contributed by atoms with van der Waals surface area (Å²) in [6.07, 6.45) is 1.02. The van der Waals surface area contributed by atoms with Crippen LogP contribution in [0.2, 0.25) is 0 Å². The van der Waals surface area contributed by atoms with Crippen LogP contribution in [0.15, 0.2) is 42.5 Å². The number of carbonyl (C=O) groups is 1. The van der Waals surface area contributed by atoms with Gasteiger partial charge in [0.05, 0.1) is 20.6 Å². The van der Waals surface area contributed by atoms with Crippen LogP contribution in [0.1, 0.15) is 32.0 Å². The van der Waals surface area contributed by atoms with Crippen molar-refractivity contribution in [1.82, 2.24) is 5.32 Å². The number of hydrogen-bond donors (Lipinski definition) is 1. The van der Waals surface area contributed by atoms with E-state index in [1.807, 2.05) is 18.2 Å². The van der Waals surface area contributed by atoms with E-state index < -0.39 is 0 Å². The van der Waals surface area contributed by atoms with Gasteiger partial charge in [-0.05, 0) is 13.3 Å². The molecule has 1 unspecified atom stereocenters. The van der Waals surface area contributed by atoms with E-state index in [-0.39, 0.29) is 12.1 Å². The zero-order chi connectivity index (χ0) is 14.5. The molecule has 3 heteroatoms. The molecule has 0 radical (unpaired) electrons. The first-order valence-corrected chi connectivity index (χ1v) is 6.72. The van der Waals surface area contributed by atoms with E-state index in [1.54, 1.807) is 6.92 Å². The van der Waals surface area contributed by atoms with Crippen molar-refractivity contribution >= 4 is 5.91 Å². The highest BCUT2D eigenvalue weighted by molar-refractivity contribution is 5.92. The Kier molecular flexibility index (Phi) is 5.31. The molecular weight excluding hydrogens is 236 g/mol. The molecule has 0 fully saturated rings. The first-order valence-electron chi connectivity index (χ1n) is 6.72. The molecule has 1 atom stereocenters. The summed E-state index contributed by atoms with van der Waals surface area (Å²) in [5.41, 5.74) is 1.66. The van der Waals surface area contributed by atoms with Crippen LogP contribution in [0.3, 0.4) is 0 Å². The van der Waals surface area contributed by atoms with Crippen molar-refractivity contribution in [1.29, 1.82) is 0 Å². The van der Waals surface area contributed by atoms with Gasteiger partial charge in [0.1, 0.15) is 0 Å². The number of nitrogens with zero attached hydrogens (tertiary/aromatic N) is 1. The van der Waals surface area contributed by atoms with E-state index in [4.69, 9.17) is 0 Å². The molecule has 1 amide bonds. The fraction of sp³-hybridized carbons (Fsp3) is 0.438. The smallest absolute Gasteiger partial charge is 0.251 e. The van der Waals surface area contributed by atoms with Gasteiger partial charge in [-0.25, -0.2) is 0 Å². The molecule has 1 rings (SSSR count). The zero-order valence-electron chi connectivity index (χ0n) is 12.4. The van der Waals surface area contributed by atoms with Crippen molar-refractivity contribution in [2.24, 2.45) is 0 Å². The normalized spacial score (nSPS) is 12.8. The minimum Gasteiger partial charge on any atom is -0.305 e. The lowest BCUT2D eigenvalue weighted by Crippen LogP contribution is -2.51. The highest BCUT2D eigenvalue weighted by atomic mass is 16.2. The molecule has 1 aromatic rings. The lowest BCUT2D eigenvalue weighted by atomic mass is 10.1. The average Bonchev–Trinajstić information content (AvgIpc) is 2.36. The van der Waals surface area contributed by atoms with Gasteiger partial charge in [0.2, 0.25) is 0 Å². The first kappa shape index (κ1) is 15.4. The molecule has 19 heavy (non-hydrogen) atoms. The van der Waals surface area contributed by atoms with Gasteiger partial charge in [-0.15, -0.1) is 0 Å². The Morgan fingerprint density at radius 2 is 1.89 bits per heavy atom. The fourth-order valence-corrected chi connectivity index (χ4v) is 2.25. The van der Waals surface area contributed by atoms with Crippen LogP contribution in [-0.2, 0) is 4.79 Å². The number of rotatable bonds is 6. The van der Waals surface area contributed by atoms with E-state index in [1.165, 1.54) is 0 Å². The molecule has 0 aliphatic carbocycles. The van der Waals surface area contributed by atoms with Crippen molar-refractivity contribution in [3.05, 3.63) is 48.0 Å². The van der Waals surface area contributed by atoms with E-state index >= 15 is 0 Å². The predicted octanol–water partition coefficient (Wildman–Crippen LogP) is 2.86. The Morgan fingerprint density at radius 3 is 2.37 bits per heavy atom. The summed E-state index contributed by atoms with van der Waals surface area (Å²) in [6, 6.07) is 10.1. The second-order valence-corrected chi connectivity index (χ2v) is 5.57. The minimum absolute atomic E-state index is 0.0506. The standard InChI is InChI=1S/C16H24N2O/c1-6-12-18(4,5)15(17-16(19)13(2)3)14-10-8-7-9-11-14/h7-11,15H,2,6,12H2,1,3-5H3/p+1. The van der Waals surface area contributed by atoms with Gasteiger partial charge in [0.25, 0.3) is 5.91 Å². The summed E-state index contributed by atoms with van der Waals surface area (Å²) in [5, 5.41) is 3.09. The largest absolute Gasteiger partial charge is 0.305 e. The van der Waals surface area contributed by atoms with E-state index in [0.717, 1.165) is 23.0 Å². The Morgan fingerprint density at radius 1 is 1.32 bits per heavy atom. The molecule has 0 heterocycles. The van der Waals surface area contributed by atoms with Gasteiger partial charge >= 0.3 is 0 Å². The van der Waals surface area contributed by atoms with Crippen LogP contribution in [-0.4, -0.2) is 31.0 Å². The molecule has 0 aliphatic rings. The van der Waals surface area contributed by atoms with Crippen LogP contribution in [0.4, 0.5) is 0 Å². The molecule has 104 valence electrons. The highest BCUT2D eigenvalue weighted by Gasteiger charge is 2.30. The summed E-state index contributed by atoms with van der Waals surface area (Å²) < 4.78 is 0.722. The maximum atomic E-state index is 12.0. The number of benzene rings is 1. The molecule has 1 N–H and O–H groups in total. The predicted molar refractivity (Wildman–Crippen MR) is 79.4 cm³/mol. The van der Waals surface area contributed by atoms with Crippen LogP contribution in [0.25, 0.3) is 0 Å². The second kappa shape index (κ2) is 6.53. The van der Waals surface area contributed by atoms with Crippen molar-refractivity contribution in [3.8, 4) is 0 Å². The monoisotopic (exact) mass is 261 g/mol. The number of amides is 1. The average molecular weight is 261 g/mol. The van der Waals surface area contributed by atoms with Crippen LogP contribution in [0.5, 0.6) is 0 Å². The van der Waals surface area contributed by atoms with Crippen LogP contribution < -0.4 is 5.32 Å². The zero-order valence-corrected chi connectivity index (χ0v) is 12.4. The number of hydrogen-bond acceptors (Lipinski definition) is 1. The second-order valence-electron chi connectivity index (χ2n) is 5.57. The molecule has 0 bridgehead atoms. The summed E-state index contributed by atoms with van der Waals surface area (Å²) in [4.78, 5) is 12.0. The third kappa shape index (κ3) is 4.21. The molecule has 0 saturated carbocycles. The van der Waals surface area contributed by atoms with Crippen LogP contribution >= 0.6 is 0 Å². The lowest BCUT2D eigenvalue weighted by Gasteiger charge is -2.38. The summed E-state index contributed by atoms with van der Waals surface area (Å²) in [6.45, 7) is 8.60. The summed E-state index contributed by atoms with van der Waals surface area (Å²) in [5.74, 6) is -0.0869. The van der Waals surface area contributed by atoms with E-state index in [0.29, 0.717) is 5.57 Å². The molecule has 0 spiro atoms. The number of nitrogens with one attached hydrogen (secondary N) is 1. The van der Waals surface area contributed by atoms with Crippen molar-refractivity contribution in [3.63, 3.8) is 0 Å². The van der Waals surface area contributed by atoms with Gasteiger partial charge in [-0.2, -0.15) is 0 Å². The quantitative estimate of drug-likeness (QED) is 0.476. The highest BCUT2D eigenvalue weighted by Crippen LogP contribution is 2.23. The Labute approximate surface area is 116 Å². The molecule has 0 aliphatic heterocycles. The van der Waals surface area contributed by atoms with Gasteiger partial charge in [0, 0.05) is 11.1 Å². The van der Waals surface area contributed by atoms with Crippen molar-refractivity contribution in [2.45, 2.75) is 26.4 Å². The molecule has 0 aromatic heterocycles. The Bertz CT molecular complexity index is 437. The molecular formula is C16H25N2O+. The molecule has 1 aromatic carbocycles. The van der Waals surface area contributed by atoms with Crippen LogP contribution in [0, 0.1) is 0 Å². The van der Waals surface area contributed by atoms with Gasteiger partial charge in [0.15, 0.2) is 6.17 Å². The van der Waals surface area contributed by atoms with Gasteiger partial charge in [-0.3, -0.25) is 10.1 Å².